The van der Waals surface area contributed by atoms with Gasteiger partial charge in [0.25, 0.3) is 0 Å². The van der Waals surface area contributed by atoms with Gasteiger partial charge in [-0.05, 0) is 18.1 Å². The predicted octanol–water partition coefficient (Wildman–Crippen LogP) is 1.67. The molecule has 5 nitrogen and oxygen atoms in total. The van der Waals surface area contributed by atoms with Crippen LogP contribution in [0.2, 0.25) is 0 Å². The van der Waals surface area contributed by atoms with E-state index < -0.39 is 11.8 Å². The van der Waals surface area contributed by atoms with Crippen LogP contribution in [0.3, 0.4) is 0 Å². The average molecular weight is 312 g/mol. The van der Waals surface area contributed by atoms with Crippen molar-refractivity contribution in [2.45, 2.75) is 13.0 Å². The van der Waals surface area contributed by atoms with Crippen LogP contribution in [0.15, 0.2) is 54.6 Å². The summed E-state index contributed by atoms with van der Waals surface area (Å²) in [6.45, 7) is 0.667. The fourth-order valence-electron chi connectivity index (χ4n) is 2.15. The van der Waals surface area contributed by atoms with Crippen molar-refractivity contribution >= 4 is 11.8 Å². The van der Waals surface area contributed by atoms with Gasteiger partial charge in [-0.15, -0.1) is 0 Å². The SMILES string of the molecule is COc1ccccc1CNC(=O)C(=O)NCCc1ccccc1. The van der Waals surface area contributed by atoms with Crippen LogP contribution in [0.25, 0.3) is 0 Å². The smallest absolute Gasteiger partial charge is 0.309 e. The standard InChI is InChI=1S/C18H20N2O3/c1-23-16-10-6-5-9-15(16)13-20-18(22)17(21)19-12-11-14-7-3-2-4-8-14/h2-10H,11-13H2,1H3,(H,19,21)(H,20,22). The average Bonchev–Trinajstić information content (AvgIpc) is 2.60. The Morgan fingerprint density at radius 3 is 2.30 bits per heavy atom. The fourth-order valence-corrected chi connectivity index (χ4v) is 2.15. The summed E-state index contributed by atoms with van der Waals surface area (Å²) in [4.78, 5) is 23.5. The molecule has 0 aliphatic heterocycles. The van der Waals surface area contributed by atoms with Crippen LogP contribution in [0.1, 0.15) is 11.1 Å². The van der Waals surface area contributed by atoms with Crippen molar-refractivity contribution in [3.05, 3.63) is 65.7 Å². The fraction of sp³-hybridized carbons (Fsp3) is 0.222. The van der Waals surface area contributed by atoms with Crippen LogP contribution in [0, 0.1) is 0 Å². The third-order valence-electron chi connectivity index (χ3n) is 3.38. The van der Waals surface area contributed by atoms with Gasteiger partial charge in [0.05, 0.1) is 7.11 Å². The van der Waals surface area contributed by atoms with Gasteiger partial charge in [-0.25, -0.2) is 0 Å². The Hall–Kier alpha value is -2.82. The van der Waals surface area contributed by atoms with Crippen molar-refractivity contribution in [3.8, 4) is 5.75 Å². The largest absolute Gasteiger partial charge is 0.496 e. The Balaban J connectivity index is 1.75. The summed E-state index contributed by atoms with van der Waals surface area (Å²) in [6, 6.07) is 17.1. The maximum absolute atomic E-state index is 11.8. The van der Waals surface area contributed by atoms with E-state index in [1.807, 2.05) is 48.5 Å². The van der Waals surface area contributed by atoms with Gasteiger partial charge < -0.3 is 15.4 Å². The minimum absolute atomic E-state index is 0.245. The molecule has 2 aromatic carbocycles. The van der Waals surface area contributed by atoms with Crippen molar-refractivity contribution in [2.75, 3.05) is 13.7 Å². The highest BCUT2D eigenvalue weighted by atomic mass is 16.5. The molecule has 2 aromatic rings. The molecular weight excluding hydrogens is 292 g/mol. The first-order valence-corrected chi connectivity index (χ1v) is 7.42. The number of ether oxygens (including phenoxy) is 1. The zero-order chi connectivity index (χ0) is 16.5. The molecule has 0 saturated carbocycles. The number of rotatable bonds is 6. The van der Waals surface area contributed by atoms with Crippen molar-refractivity contribution in [1.82, 2.24) is 10.6 Å². The van der Waals surface area contributed by atoms with E-state index in [9.17, 15) is 9.59 Å². The second-order valence-corrected chi connectivity index (χ2v) is 4.99. The van der Waals surface area contributed by atoms with Crippen molar-refractivity contribution in [2.24, 2.45) is 0 Å². The number of nitrogens with one attached hydrogen (secondary N) is 2. The summed E-state index contributed by atoms with van der Waals surface area (Å²) in [5, 5.41) is 5.20. The zero-order valence-electron chi connectivity index (χ0n) is 13.0. The van der Waals surface area contributed by atoms with E-state index >= 15 is 0 Å². The lowest BCUT2D eigenvalue weighted by atomic mass is 10.1. The van der Waals surface area contributed by atoms with E-state index in [2.05, 4.69) is 10.6 Å². The normalized spacial score (nSPS) is 9.96. The number of carbonyl (C=O) groups excluding carboxylic acids is 2. The topological polar surface area (TPSA) is 67.4 Å². The summed E-state index contributed by atoms with van der Waals surface area (Å²) in [5.41, 5.74) is 1.93. The lowest BCUT2D eigenvalue weighted by Gasteiger charge is -2.09. The molecule has 0 unspecified atom stereocenters. The van der Waals surface area contributed by atoms with Crippen molar-refractivity contribution in [1.29, 1.82) is 0 Å². The quantitative estimate of drug-likeness (QED) is 0.797. The molecule has 0 fully saturated rings. The lowest BCUT2D eigenvalue weighted by molar-refractivity contribution is -0.139. The van der Waals surface area contributed by atoms with Gasteiger partial charge in [0.2, 0.25) is 0 Å². The minimum Gasteiger partial charge on any atom is -0.496 e. The Labute approximate surface area is 135 Å². The number of benzene rings is 2. The molecule has 0 radical (unpaired) electrons. The molecule has 23 heavy (non-hydrogen) atoms. The minimum atomic E-state index is -0.649. The van der Waals surface area contributed by atoms with Crippen LogP contribution in [0.5, 0.6) is 5.75 Å². The van der Waals surface area contributed by atoms with Gasteiger partial charge in [0.15, 0.2) is 0 Å². The molecule has 2 N–H and O–H groups in total. The molecule has 5 heteroatoms. The van der Waals surface area contributed by atoms with Crippen LogP contribution >= 0.6 is 0 Å². The van der Waals surface area contributed by atoms with E-state index in [1.165, 1.54) is 0 Å². The highest BCUT2D eigenvalue weighted by molar-refractivity contribution is 6.35. The second-order valence-electron chi connectivity index (χ2n) is 4.99. The molecule has 0 spiro atoms. The van der Waals surface area contributed by atoms with Gasteiger partial charge in [0.1, 0.15) is 5.75 Å². The van der Waals surface area contributed by atoms with E-state index in [-0.39, 0.29) is 6.54 Å². The highest BCUT2D eigenvalue weighted by Gasteiger charge is 2.13. The number of methoxy groups -OCH3 is 1. The maximum atomic E-state index is 11.8. The van der Waals surface area contributed by atoms with Gasteiger partial charge in [0, 0.05) is 18.7 Å². The molecule has 2 amide bonds. The molecule has 0 saturated heterocycles. The van der Waals surface area contributed by atoms with E-state index in [0.717, 1.165) is 11.1 Å². The summed E-state index contributed by atoms with van der Waals surface area (Å²) in [5.74, 6) is -0.600. The molecule has 0 bridgehead atoms. The Bertz CT molecular complexity index is 656. The number of hydrogen-bond acceptors (Lipinski definition) is 3. The third-order valence-corrected chi connectivity index (χ3v) is 3.38. The number of hydrogen-bond donors (Lipinski definition) is 2. The molecule has 0 aliphatic carbocycles. The van der Waals surface area contributed by atoms with Crippen LogP contribution in [0.4, 0.5) is 0 Å². The highest BCUT2D eigenvalue weighted by Crippen LogP contribution is 2.16. The van der Waals surface area contributed by atoms with Crippen LogP contribution < -0.4 is 15.4 Å². The van der Waals surface area contributed by atoms with Crippen molar-refractivity contribution in [3.63, 3.8) is 0 Å². The second kappa shape index (κ2) is 8.58. The summed E-state index contributed by atoms with van der Waals surface area (Å²) in [6.07, 6.45) is 0.687. The zero-order valence-corrected chi connectivity index (χ0v) is 13.0. The molecule has 0 aromatic heterocycles. The van der Waals surface area contributed by atoms with Gasteiger partial charge in [-0.1, -0.05) is 48.5 Å². The van der Waals surface area contributed by atoms with E-state index in [0.29, 0.717) is 18.7 Å². The summed E-state index contributed by atoms with van der Waals surface area (Å²) >= 11 is 0. The Morgan fingerprint density at radius 1 is 0.913 bits per heavy atom. The molecule has 0 aliphatic rings. The monoisotopic (exact) mass is 312 g/mol. The first-order valence-electron chi connectivity index (χ1n) is 7.42. The number of amides is 2. The summed E-state index contributed by atoms with van der Waals surface area (Å²) in [7, 11) is 1.57. The van der Waals surface area contributed by atoms with Crippen LogP contribution in [-0.4, -0.2) is 25.5 Å². The van der Waals surface area contributed by atoms with Gasteiger partial charge in [-0.2, -0.15) is 0 Å². The molecule has 0 heterocycles. The molecule has 2 rings (SSSR count). The number of para-hydroxylation sites is 1. The van der Waals surface area contributed by atoms with Gasteiger partial charge >= 0.3 is 11.8 Å². The maximum Gasteiger partial charge on any atom is 0.309 e. The Kier molecular flexibility index (Phi) is 6.17. The third kappa shape index (κ3) is 5.14. The number of carbonyl (C=O) groups is 2. The molecule has 120 valence electrons. The Morgan fingerprint density at radius 2 is 1.57 bits per heavy atom. The van der Waals surface area contributed by atoms with Gasteiger partial charge in [-0.3, -0.25) is 9.59 Å². The lowest BCUT2D eigenvalue weighted by Crippen LogP contribution is -2.40. The van der Waals surface area contributed by atoms with E-state index in [1.54, 1.807) is 13.2 Å². The predicted molar refractivity (Wildman–Crippen MR) is 88.0 cm³/mol. The van der Waals surface area contributed by atoms with Crippen molar-refractivity contribution < 1.29 is 14.3 Å². The molecular formula is C18H20N2O3. The van der Waals surface area contributed by atoms with E-state index in [4.69, 9.17) is 4.74 Å². The summed E-state index contributed by atoms with van der Waals surface area (Å²) < 4.78 is 5.20. The van der Waals surface area contributed by atoms with Crippen LogP contribution in [-0.2, 0) is 22.6 Å². The molecule has 0 atom stereocenters. The first kappa shape index (κ1) is 16.5. The first-order chi connectivity index (χ1) is 11.2.